The third-order valence-corrected chi connectivity index (χ3v) is 14.7. The van der Waals surface area contributed by atoms with Gasteiger partial charge in [0.1, 0.15) is 0 Å². The molecule has 4 heterocycles. The van der Waals surface area contributed by atoms with Crippen LogP contribution in [-0.4, -0.2) is 125 Å². The van der Waals surface area contributed by atoms with E-state index in [0.29, 0.717) is 26.2 Å². The number of halogens is 15. The first-order chi connectivity index (χ1) is 18.7. The van der Waals surface area contributed by atoms with Gasteiger partial charge in [0.2, 0.25) is 14.9 Å². The Morgan fingerprint density at radius 1 is 0.500 bits per heavy atom. The van der Waals surface area contributed by atoms with E-state index in [9.17, 15) is 75.0 Å². The van der Waals surface area contributed by atoms with Gasteiger partial charge in [0, 0.05) is 70.6 Å². The molecule has 246 valence electrons. The molecule has 0 saturated carbocycles. The van der Waals surface area contributed by atoms with Gasteiger partial charge < -0.3 is 0 Å². The van der Waals surface area contributed by atoms with Crippen LogP contribution in [0, 0.1) is 0 Å². The fourth-order valence-corrected chi connectivity index (χ4v) is 11.4. The zero-order chi connectivity index (χ0) is 32.2. The standard InChI is InChI=1S/C19H23F15N4O2P2/c20-13(21,14(22,23)15(24,25)16(26,27)17(28,29)18(30,31)19(32,33)34)11-12(42(40,37-6-7-37)38-8-9-38)1-10-41(39,35-2-3-35)36-4-5-36/h12H,1-11H2. The summed E-state index contributed by atoms with van der Waals surface area (Å²) in [5.41, 5.74) is -2.28. The van der Waals surface area contributed by atoms with E-state index in [2.05, 4.69) is 0 Å². The fourth-order valence-electron chi connectivity index (χ4n) is 4.61. The Bertz CT molecular complexity index is 1120. The quantitative estimate of drug-likeness (QED) is 0.117. The van der Waals surface area contributed by atoms with Crippen LogP contribution in [0.4, 0.5) is 65.9 Å². The minimum absolute atomic E-state index is 0.0465. The molecule has 4 rings (SSSR count). The van der Waals surface area contributed by atoms with E-state index in [1.165, 1.54) is 9.34 Å². The molecular weight excluding hydrogens is 663 g/mol. The van der Waals surface area contributed by atoms with E-state index in [0.717, 1.165) is 9.34 Å². The van der Waals surface area contributed by atoms with E-state index in [-0.39, 0.29) is 26.2 Å². The predicted molar refractivity (Wildman–Crippen MR) is 115 cm³/mol. The summed E-state index contributed by atoms with van der Waals surface area (Å²) in [6.07, 6.45) is -11.8. The van der Waals surface area contributed by atoms with E-state index < -0.39 is 81.3 Å². The summed E-state index contributed by atoms with van der Waals surface area (Å²) in [4.78, 5) is 0. The molecule has 6 nitrogen and oxygen atoms in total. The lowest BCUT2D eigenvalue weighted by Gasteiger charge is -2.42. The molecule has 0 spiro atoms. The molecule has 0 N–H and O–H groups in total. The van der Waals surface area contributed by atoms with Crippen molar-refractivity contribution in [2.45, 2.75) is 60.2 Å². The maximum atomic E-state index is 15.0. The minimum Gasteiger partial charge on any atom is -0.289 e. The van der Waals surface area contributed by atoms with E-state index in [4.69, 9.17) is 0 Å². The molecule has 1 atom stereocenters. The highest BCUT2D eigenvalue weighted by atomic mass is 31.2. The predicted octanol–water partition coefficient (Wildman–Crippen LogP) is 6.16. The number of rotatable bonds is 15. The first-order valence-corrected chi connectivity index (χ1v) is 15.8. The first-order valence-electron chi connectivity index (χ1n) is 12.3. The molecule has 0 aromatic rings. The molecule has 4 fully saturated rings. The van der Waals surface area contributed by atoms with Gasteiger partial charge in [-0.05, 0) is 6.42 Å². The van der Waals surface area contributed by atoms with Gasteiger partial charge in [-0.3, -0.25) is 9.13 Å². The Kier molecular flexibility index (Phi) is 8.02. The molecule has 0 aromatic carbocycles. The molecule has 1 unspecified atom stereocenters. The van der Waals surface area contributed by atoms with E-state index in [1.807, 2.05) is 0 Å². The largest absolute Gasteiger partial charge is 0.460 e. The van der Waals surface area contributed by atoms with E-state index >= 15 is 0 Å². The van der Waals surface area contributed by atoms with Crippen LogP contribution in [0.2, 0.25) is 0 Å². The Morgan fingerprint density at radius 3 is 1.17 bits per heavy atom. The summed E-state index contributed by atoms with van der Waals surface area (Å²) >= 11 is 0. The van der Waals surface area contributed by atoms with Crippen LogP contribution in [0.15, 0.2) is 0 Å². The maximum absolute atomic E-state index is 15.0. The van der Waals surface area contributed by atoms with Crippen LogP contribution in [0.5, 0.6) is 0 Å². The number of alkyl halides is 15. The Morgan fingerprint density at radius 2 is 0.833 bits per heavy atom. The summed E-state index contributed by atoms with van der Waals surface area (Å²) in [6.45, 7) is 0.983. The molecule has 0 aromatic heterocycles. The summed E-state index contributed by atoms with van der Waals surface area (Å²) in [6, 6.07) is 0. The third-order valence-electron chi connectivity index (χ3n) is 7.50. The molecule has 4 aliphatic rings. The second kappa shape index (κ2) is 9.87. The molecule has 0 bridgehead atoms. The molecular formula is C19H23F15N4O2P2. The Balaban J connectivity index is 1.68. The van der Waals surface area contributed by atoms with E-state index in [1.54, 1.807) is 0 Å². The van der Waals surface area contributed by atoms with Crippen LogP contribution in [0.25, 0.3) is 0 Å². The average Bonchev–Trinajstić information content (AvgIpc) is 3.71. The van der Waals surface area contributed by atoms with Crippen LogP contribution in [0.1, 0.15) is 12.8 Å². The van der Waals surface area contributed by atoms with Crippen molar-refractivity contribution in [3.8, 4) is 0 Å². The summed E-state index contributed by atoms with van der Waals surface area (Å²) in [5.74, 6) is -47.1. The topological polar surface area (TPSA) is 46.2 Å². The fraction of sp³-hybridized carbons (Fsp3) is 1.00. The second-order valence-corrected chi connectivity index (χ2v) is 16.5. The summed E-state index contributed by atoms with van der Waals surface area (Å²) in [7, 11) is -7.84. The van der Waals surface area contributed by atoms with Crippen molar-refractivity contribution in [1.82, 2.24) is 18.7 Å². The smallest absolute Gasteiger partial charge is 0.289 e. The second-order valence-electron chi connectivity index (χ2n) is 10.5. The summed E-state index contributed by atoms with van der Waals surface area (Å²) < 4.78 is 238. The van der Waals surface area contributed by atoms with Crippen molar-refractivity contribution in [1.29, 1.82) is 0 Å². The van der Waals surface area contributed by atoms with Gasteiger partial charge in [0.15, 0.2) is 0 Å². The average molecular weight is 686 g/mol. The molecule has 0 amide bonds. The van der Waals surface area contributed by atoms with Crippen molar-refractivity contribution in [3.63, 3.8) is 0 Å². The summed E-state index contributed by atoms with van der Waals surface area (Å²) in [5, 5.41) is 0. The Hall–Kier alpha value is -0.750. The van der Waals surface area contributed by atoms with Gasteiger partial charge >= 0.3 is 41.7 Å². The van der Waals surface area contributed by atoms with Gasteiger partial charge in [-0.1, -0.05) is 0 Å². The zero-order valence-corrected chi connectivity index (χ0v) is 22.8. The lowest BCUT2D eigenvalue weighted by molar-refractivity contribution is -0.452. The van der Waals surface area contributed by atoms with Gasteiger partial charge in [0.05, 0.1) is 0 Å². The van der Waals surface area contributed by atoms with Gasteiger partial charge in [-0.15, -0.1) is 0 Å². The van der Waals surface area contributed by atoms with Gasteiger partial charge in [-0.25, -0.2) is 18.7 Å². The zero-order valence-electron chi connectivity index (χ0n) is 21.0. The highest BCUT2D eigenvalue weighted by Gasteiger charge is 2.93. The molecule has 42 heavy (non-hydrogen) atoms. The lowest BCUT2D eigenvalue weighted by atomic mass is 9.89. The van der Waals surface area contributed by atoms with Crippen LogP contribution in [0.3, 0.4) is 0 Å². The first kappa shape index (κ1) is 34.1. The number of hydrogen-bond acceptors (Lipinski definition) is 2. The van der Waals surface area contributed by atoms with Crippen molar-refractivity contribution in [2.75, 3.05) is 58.5 Å². The van der Waals surface area contributed by atoms with Gasteiger partial charge in [-0.2, -0.15) is 65.9 Å². The van der Waals surface area contributed by atoms with Crippen molar-refractivity contribution in [3.05, 3.63) is 0 Å². The van der Waals surface area contributed by atoms with Crippen molar-refractivity contribution < 1.29 is 75.0 Å². The van der Waals surface area contributed by atoms with Crippen LogP contribution in [-0.2, 0) is 9.13 Å². The highest BCUT2D eigenvalue weighted by Crippen LogP contribution is 2.70. The molecule has 0 aliphatic carbocycles. The molecule has 4 aliphatic heterocycles. The van der Waals surface area contributed by atoms with Crippen molar-refractivity contribution >= 4 is 14.9 Å². The molecule has 23 heteroatoms. The lowest BCUT2D eigenvalue weighted by Crippen LogP contribution is -2.72. The normalized spacial score (nSPS) is 23.3. The molecule has 4 saturated heterocycles. The van der Waals surface area contributed by atoms with Crippen LogP contribution >= 0.6 is 14.9 Å². The highest BCUT2D eigenvalue weighted by molar-refractivity contribution is 7.61. The van der Waals surface area contributed by atoms with Crippen molar-refractivity contribution in [2.24, 2.45) is 0 Å². The molecule has 0 radical (unpaired) electrons. The van der Waals surface area contributed by atoms with Crippen LogP contribution < -0.4 is 0 Å². The Labute approximate surface area is 228 Å². The monoisotopic (exact) mass is 686 g/mol. The SMILES string of the molecule is O=P(CCC(CC(F)(F)C(F)(F)C(F)(F)C(F)(F)C(F)(F)C(F)(F)C(F)(F)F)P(=O)(N1CC1)N1CC1)(N1CC1)N1CC1. The van der Waals surface area contributed by atoms with Gasteiger partial charge in [0.25, 0.3) is 0 Å². The number of hydrogen-bond donors (Lipinski definition) is 0. The third kappa shape index (κ3) is 5.09. The number of nitrogens with zero attached hydrogens (tertiary/aromatic N) is 4. The maximum Gasteiger partial charge on any atom is 0.460 e. The minimum atomic E-state index is -8.38.